The quantitative estimate of drug-likeness (QED) is 0.327. The number of hydroxylamine groups is 1. The van der Waals surface area contributed by atoms with Gasteiger partial charge in [-0.05, 0) is 53.8 Å². The third kappa shape index (κ3) is 5.71. The van der Waals surface area contributed by atoms with Gasteiger partial charge in [0.2, 0.25) is 10.0 Å². The minimum atomic E-state index is -3.95. The summed E-state index contributed by atoms with van der Waals surface area (Å²) in [7, 11) is -2.35. The standard InChI is InChI=1S/C26H29N3O5S/c1-34-23-11-7-20(8-12-23)21-9-13-24(14-10-21)35(32,33)29-16-15-22(17-25(29)26(30)28-31)27-18-19-5-3-2-4-6-19/h2-14,22,25,27,31H,15-18H2,1H3,(H,28,30)/t22-,25-/m1/s1. The maximum atomic E-state index is 13.5. The molecule has 3 aromatic carbocycles. The minimum absolute atomic E-state index is 0.0681. The summed E-state index contributed by atoms with van der Waals surface area (Å²) in [5, 5.41) is 12.7. The number of methoxy groups -OCH3 is 1. The molecule has 3 N–H and O–H groups in total. The lowest BCUT2D eigenvalue weighted by Crippen LogP contribution is -2.56. The number of carbonyl (C=O) groups excluding carboxylic acids is 1. The number of hydrogen-bond acceptors (Lipinski definition) is 6. The lowest BCUT2D eigenvalue weighted by Gasteiger charge is -2.37. The molecule has 1 aliphatic heterocycles. The molecule has 1 heterocycles. The summed E-state index contributed by atoms with van der Waals surface area (Å²) in [6, 6.07) is 22.8. The van der Waals surface area contributed by atoms with Crippen LogP contribution in [-0.4, -0.2) is 49.6 Å². The van der Waals surface area contributed by atoms with E-state index in [1.807, 2.05) is 54.6 Å². The maximum absolute atomic E-state index is 13.5. The summed E-state index contributed by atoms with van der Waals surface area (Å²) in [5.41, 5.74) is 4.53. The Kier molecular flexibility index (Phi) is 7.82. The summed E-state index contributed by atoms with van der Waals surface area (Å²) >= 11 is 0. The normalized spacial score (nSPS) is 18.7. The van der Waals surface area contributed by atoms with Crippen molar-refractivity contribution in [1.82, 2.24) is 15.1 Å². The largest absolute Gasteiger partial charge is 0.497 e. The highest BCUT2D eigenvalue weighted by Crippen LogP contribution is 2.29. The topological polar surface area (TPSA) is 108 Å². The molecule has 4 rings (SSSR count). The van der Waals surface area contributed by atoms with Crippen molar-refractivity contribution in [2.45, 2.75) is 36.4 Å². The Hall–Kier alpha value is -3.24. The van der Waals surface area contributed by atoms with Crippen molar-refractivity contribution in [2.75, 3.05) is 13.7 Å². The molecule has 1 fully saturated rings. The number of nitrogens with one attached hydrogen (secondary N) is 2. The molecule has 1 aliphatic rings. The van der Waals surface area contributed by atoms with E-state index in [1.54, 1.807) is 36.9 Å². The number of amides is 1. The van der Waals surface area contributed by atoms with Gasteiger partial charge in [0.1, 0.15) is 11.8 Å². The van der Waals surface area contributed by atoms with Gasteiger partial charge in [-0.3, -0.25) is 10.0 Å². The highest BCUT2D eigenvalue weighted by Gasteiger charge is 2.40. The van der Waals surface area contributed by atoms with Crippen LogP contribution in [0.15, 0.2) is 83.8 Å². The van der Waals surface area contributed by atoms with Crippen molar-refractivity contribution in [3.8, 4) is 16.9 Å². The van der Waals surface area contributed by atoms with Gasteiger partial charge in [0.15, 0.2) is 0 Å². The van der Waals surface area contributed by atoms with Gasteiger partial charge in [0.05, 0.1) is 12.0 Å². The highest BCUT2D eigenvalue weighted by atomic mass is 32.2. The number of ether oxygens (including phenoxy) is 1. The second-order valence-electron chi connectivity index (χ2n) is 8.45. The monoisotopic (exact) mass is 495 g/mol. The van der Waals surface area contributed by atoms with E-state index in [0.29, 0.717) is 13.0 Å². The van der Waals surface area contributed by atoms with Crippen molar-refractivity contribution in [2.24, 2.45) is 0 Å². The van der Waals surface area contributed by atoms with E-state index >= 15 is 0 Å². The number of hydrogen-bond donors (Lipinski definition) is 3. The lowest BCUT2D eigenvalue weighted by atomic mass is 9.98. The Bertz CT molecular complexity index is 1230. The average molecular weight is 496 g/mol. The van der Waals surface area contributed by atoms with E-state index in [2.05, 4.69) is 5.32 Å². The van der Waals surface area contributed by atoms with Crippen LogP contribution in [0.4, 0.5) is 0 Å². The van der Waals surface area contributed by atoms with Crippen LogP contribution in [-0.2, 0) is 21.4 Å². The number of nitrogens with zero attached hydrogens (tertiary/aromatic N) is 1. The Labute approximate surface area is 205 Å². The first-order valence-corrected chi connectivity index (χ1v) is 12.8. The van der Waals surface area contributed by atoms with Crippen molar-refractivity contribution in [3.05, 3.63) is 84.4 Å². The fourth-order valence-corrected chi connectivity index (χ4v) is 5.94. The zero-order valence-electron chi connectivity index (χ0n) is 19.4. The third-order valence-corrected chi connectivity index (χ3v) is 8.21. The SMILES string of the molecule is COc1ccc(-c2ccc(S(=O)(=O)N3CC[C@@H](NCc4ccccc4)C[C@@H]3C(=O)NO)cc2)cc1. The van der Waals surface area contributed by atoms with Crippen LogP contribution in [0.2, 0.25) is 0 Å². The lowest BCUT2D eigenvalue weighted by molar-refractivity contribution is -0.134. The molecule has 1 amide bonds. The van der Waals surface area contributed by atoms with E-state index in [9.17, 15) is 18.4 Å². The first-order valence-electron chi connectivity index (χ1n) is 11.4. The van der Waals surface area contributed by atoms with Crippen LogP contribution in [0, 0.1) is 0 Å². The van der Waals surface area contributed by atoms with Gasteiger partial charge in [0.25, 0.3) is 5.91 Å². The van der Waals surface area contributed by atoms with Crippen LogP contribution in [0.3, 0.4) is 0 Å². The Morgan fingerprint density at radius 2 is 1.63 bits per heavy atom. The molecular formula is C26H29N3O5S. The minimum Gasteiger partial charge on any atom is -0.497 e. The molecule has 9 heteroatoms. The van der Waals surface area contributed by atoms with E-state index < -0.39 is 22.0 Å². The summed E-state index contributed by atoms with van der Waals surface area (Å²) in [6.45, 7) is 0.769. The Balaban J connectivity index is 1.49. The number of sulfonamides is 1. The van der Waals surface area contributed by atoms with Gasteiger partial charge in [-0.2, -0.15) is 4.31 Å². The summed E-state index contributed by atoms with van der Waals surface area (Å²) in [4.78, 5) is 12.6. The number of piperidine rings is 1. The predicted octanol–water partition coefficient (Wildman–Crippen LogP) is 3.18. The molecular weight excluding hydrogens is 466 g/mol. The summed E-state index contributed by atoms with van der Waals surface area (Å²) in [5.74, 6) is -0.00236. The molecule has 3 aromatic rings. The second kappa shape index (κ2) is 11.0. The molecule has 0 radical (unpaired) electrons. The molecule has 0 saturated carbocycles. The molecule has 184 valence electrons. The fourth-order valence-electron chi connectivity index (χ4n) is 4.33. The van der Waals surface area contributed by atoms with Gasteiger partial charge in [0, 0.05) is 19.1 Å². The van der Waals surface area contributed by atoms with E-state index in [0.717, 1.165) is 22.4 Å². The van der Waals surface area contributed by atoms with Crippen molar-refractivity contribution < 1.29 is 23.2 Å². The van der Waals surface area contributed by atoms with Gasteiger partial charge in [-0.15, -0.1) is 0 Å². The Morgan fingerprint density at radius 1 is 1.00 bits per heavy atom. The van der Waals surface area contributed by atoms with Crippen LogP contribution in [0.5, 0.6) is 5.75 Å². The first kappa shape index (κ1) is 24.9. The molecule has 0 spiro atoms. The summed E-state index contributed by atoms with van der Waals surface area (Å²) < 4.78 is 33.3. The number of benzene rings is 3. The molecule has 0 aliphatic carbocycles. The molecule has 0 aromatic heterocycles. The number of rotatable bonds is 8. The Morgan fingerprint density at radius 3 is 2.23 bits per heavy atom. The molecule has 2 atom stereocenters. The van der Waals surface area contributed by atoms with E-state index in [-0.39, 0.29) is 23.9 Å². The molecule has 1 saturated heterocycles. The van der Waals surface area contributed by atoms with E-state index in [1.165, 1.54) is 4.31 Å². The molecule has 0 bridgehead atoms. The van der Waals surface area contributed by atoms with Gasteiger partial charge in [-0.25, -0.2) is 13.9 Å². The second-order valence-corrected chi connectivity index (χ2v) is 10.3. The zero-order chi connectivity index (χ0) is 24.8. The highest BCUT2D eigenvalue weighted by molar-refractivity contribution is 7.89. The summed E-state index contributed by atoms with van der Waals surface area (Å²) in [6.07, 6.45) is 0.799. The van der Waals surface area contributed by atoms with Crippen molar-refractivity contribution in [3.63, 3.8) is 0 Å². The molecule has 0 unspecified atom stereocenters. The molecule has 8 nitrogen and oxygen atoms in total. The third-order valence-electron chi connectivity index (χ3n) is 6.29. The smallest absolute Gasteiger partial charge is 0.261 e. The average Bonchev–Trinajstić information content (AvgIpc) is 2.92. The van der Waals surface area contributed by atoms with Crippen LogP contribution in [0.25, 0.3) is 11.1 Å². The van der Waals surface area contributed by atoms with Crippen LogP contribution in [0.1, 0.15) is 18.4 Å². The van der Waals surface area contributed by atoms with Gasteiger partial charge >= 0.3 is 0 Å². The predicted molar refractivity (Wildman–Crippen MR) is 132 cm³/mol. The number of carbonyl (C=O) groups is 1. The fraction of sp³-hybridized carbons (Fsp3) is 0.269. The zero-order valence-corrected chi connectivity index (χ0v) is 20.2. The van der Waals surface area contributed by atoms with Crippen molar-refractivity contribution in [1.29, 1.82) is 0 Å². The van der Waals surface area contributed by atoms with Gasteiger partial charge < -0.3 is 10.1 Å². The van der Waals surface area contributed by atoms with E-state index in [4.69, 9.17) is 4.74 Å². The van der Waals surface area contributed by atoms with Crippen molar-refractivity contribution >= 4 is 15.9 Å². The van der Waals surface area contributed by atoms with Crippen LogP contribution >= 0.6 is 0 Å². The van der Waals surface area contributed by atoms with Gasteiger partial charge in [-0.1, -0.05) is 54.6 Å². The molecule has 35 heavy (non-hydrogen) atoms. The first-order chi connectivity index (χ1) is 16.9. The maximum Gasteiger partial charge on any atom is 0.261 e. The van der Waals surface area contributed by atoms with Crippen LogP contribution < -0.4 is 15.5 Å².